The van der Waals surface area contributed by atoms with Crippen LogP contribution in [0.2, 0.25) is 0 Å². The van der Waals surface area contributed by atoms with Crippen LogP contribution in [0, 0.1) is 6.92 Å². The minimum absolute atomic E-state index is 0.320. The topological polar surface area (TPSA) is 24.9 Å². The average Bonchev–Trinajstić information content (AvgIpc) is 2.36. The molecule has 2 nitrogen and oxygen atoms in total. The van der Waals surface area contributed by atoms with Gasteiger partial charge in [0.15, 0.2) is 0 Å². The van der Waals surface area contributed by atoms with Gasteiger partial charge in [-0.2, -0.15) is 0 Å². The zero-order valence-electron chi connectivity index (χ0n) is 10.7. The van der Waals surface area contributed by atoms with E-state index >= 15 is 0 Å². The van der Waals surface area contributed by atoms with Gasteiger partial charge in [0.1, 0.15) is 0 Å². The lowest BCUT2D eigenvalue weighted by Crippen LogP contribution is -2.19. The van der Waals surface area contributed by atoms with Crippen LogP contribution in [-0.2, 0) is 6.42 Å². The van der Waals surface area contributed by atoms with E-state index in [0.29, 0.717) is 6.04 Å². The highest BCUT2D eigenvalue weighted by molar-refractivity contribution is 9.10. The Kier molecular flexibility index (Phi) is 4.50. The average molecular weight is 305 g/mol. The van der Waals surface area contributed by atoms with Gasteiger partial charge in [-0.15, -0.1) is 0 Å². The highest BCUT2D eigenvalue weighted by Crippen LogP contribution is 2.20. The number of halogens is 1. The molecule has 0 aliphatic heterocycles. The number of nitrogens with one attached hydrogen (secondary N) is 1. The zero-order valence-corrected chi connectivity index (χ0v) is 12.2. The van der Waals surface area contributed by atoms with E-state index in [1.165, 1.54) is 16.7 Å². The Balaban J connectivity index is 2.19. The van der Waals surface area contributed by atoms with Crippen LogP contribution >= 0.6 is 15.9 Å². The van der Waals surface area contributed by atoms with Gasteiger partial charge in [0, 0.05) is 22.9 Å². The number of hydrogen-bond acceptors (Lipinski definition) is 2. The molecular formula is C15H17BrN2. The molecule has 2 rings (SSSR count). The molecule has 1 unspecified atom stereocenters. The van der Waals surface area contributed by atoms with Gasteiger partial charge in [0.25, 0.3) is 0 Å². The molecule has 0 saturated carbocycles. The van der Waals surface area contributed by atoms with Gasteiger partial charge < -0.3 is 5.32 Å². The third-order valence-electron chi connectivity index (χ3n) is 2.99. The second-order valence-electron chi connectivity index (χ2n) is 4.47. The van der Waals surface area contributed by atoms with Gasteiger partial charge in [0.05, 0.1) is 0 Å². The first-order chi connectivity index (χ1) is 8.69. The van der Waals surface area contributed by atoms with Gasteiger partial charge in [0.2, 0.25) is 0 Å². The van der Waals surface area contributed by atoms with Crippen LogP contribution in [-0.4, -0.2) is 12.0 Å². The number of aromatic nitrogens is 1. The Hall–Kier alpha value is -1.19. The minimum atomic E-state index is 0.320. The normalized spacial score (nSPS) is 12.4. The second kappa shape index (κ2) is 6.12. The van der Waals surface area contributed by atoms with Crippen LogP contribution in [0.3, 0.4) is 0 Å². The molecule has 0 bridgehead atoms. The van der Waals surface area contributed by atoms with Gasteiger partial charge in [-0.1, -0.05) is 29.8 Å². The molecule has 1 heterocycles. The molecule has 0 aliphatic rings. The Labute approximate surface area is 117 Å². The van der Waals surface area contributed by atoms with E-state index in [-0.39, 0.29) is 0 Å². The van der Waals surface area contributed by atoms with Crippen molar-refractivity contribution in [2.24, 2.45) is 0 Å². The Morgan fingerprint density at radius 1 is 1.28 bits per heavy atom. The molecule has 1 N–H and O–H groups in total. The molecule has 0 fully saturated rings. The number of nitrogens with zero attached hydrogens (tertiary/aromatic N) is 1. The van der Waals surface area contributed by atoms with Crippen molar-refractivity contribution in [1.82, 2.24) is 10.3 Å². The molecule has 1 aromatic carbocycles. The molecule has 1 atom stereocenters. The molecule has 0 amide bonds. The summed E-state index contributed by atoms with van der Waals surface area (Å²) in [6.45, 7) is 2.12. The van der Waals surface area contributed by atoms with Crippen LogP contribution in [0.15, 0.2) is 47.2 Å². The number of rotatable bonds is 4. The summed E-state index contributed by atoms with van der Waals surface area (Å²) in [6, 6.07) is 11.1. The maximum absolute atomic E-state index is 4.21. The summed E-state index contributed by atoms with van der Waals surface area (Å²) < 4.78 is 1.03. The first kappa shape index (κ1) is 13.2. The number of likely N-dealkylation sites (N-methyl/N-ethyl adjacent to an activating group) is 1. The van der Waals surface area contributed by atoms with Gasteiger partial charge in [-0.25, -0.2) is 0 Å². The number of pyridine rings is 1. The fourth-order valence-electron chi connectivity index (χ4n) is 2.08. The number of hydrogen-bond donors (Lipinski definition) is 1. The van der Waals surface area contributed by atoms with E-state index in [2.05, 4.69) is 63.5 Å². The van der Waals surface area contributed by atoms with E-state index in [9.17, 15) is 0 Å². The third-order valence-corrected chi connectivity index (χ3v) is 3.43. The van der Waals surface area contributed by atoms with E-state index in [1.54, 1.807) is 0 Å². The van der Waals surface area contributed by atoms with Crippen molar-refractivity contribution < 1.29 is 0 Å². The molecule has 0 aliphatic carbocycles. The molecule has 1 aromatic heterocycles. The fraction of sp³-hybridized carbons (Fsp3) is 0.267. The summed E-state index contributed by atoms with van der Waals surface area (Å²) in [6.07, 6.45) is 4.67. The highest BCUT2D eigenvalue weighted by Gasteiger charge is 2.10. The first-order valence-corrected chi connectivity index (χ1v) is 6.81. The van der Waals surface area contributed by atoms with E-state index in [1.807, 2.05) is 19.4 Å². The quantitative estimate of drug-likeness (QED) is 0.932. The summed E-state index contributed by atoms with van der Waals surface area (Å²) >= 11 is 3.46. The van der Waals surface area contributed by atoms with E-state index in [4.69, 9.17) is 0 Å². The van der Waals surface area contributed by atoms with Crippen LogP contribution in [0.1, 0.15) is 22.7 Å². The highest BCUT2D eigenvalue weighted by atomic mass is 79.9. The van der Waals surface area contributed by atoms with Gasteiger partial charge in [-0.05, 0) is 53.5 Å². The largest absolute Gasteiger partial charge is 0.313 e. The minimum Gasteiger partial charge on any atom is -0.313 e. The lowest BCUT2D eigenvalue weighted by Gasteiger charge is -2.17. The van der Waals surface area contributed by atoms with E-state index in [0.717, 1.165) is 10.9 Å². The standard InChI is InChI=1S/C15H17BrN2/c1-11-4-3-5-13(6-11)15(17-2)8-12-7-14(16)10-18-9-12/h3-7,9-10,15,17H,8H2,1-2H3. The molecule has 18 heavy (non-hydrogen) atoms. The van der Waals surface area contributed by atoms with Gasteiger partial charge >= 0.3 is 0 Å². The Bertz CT molecular complexity index is 525. The number of aryl methyl sites for hydroxylation is 1. The van der Waals surface area contributed by atoms with Crippen molar-refractivity contribution in [2.75, 3.05) is 7.05 Å². The van der Waals surface area contributed by atoms with Crippen LogP contribution in [0.25, 0.3) is 0 Å². The summed E-state index contributed by atoms with van der Waals surface area (Å²) in [4.78, 5) is 4.21. The lowest BCUT2D eigenvalue weighted by atomic mass is 9.99. The van der Waals surface area contributed by atoms with Crippen molar-refractivity contribution in [3.05, 3.63) is 63.9 Å². The summed E-state index contributed by atoms with van der Waals surface area (Å²) in [5, 5.41) is 3.37. The van der Waals surface area contributed by atoms with Crippen LogP contribution < -0.4 is 5.32 Å². The first-order valence-electron chi connectivity index (χ1n) is 6.02. The second-order valence-corrected chi connectivity index (χ2v) is 5.39. The third kappa shape index (κ3) is 3.40. The smallest absolute Gasteiger partial charge is 0.0410 e. The maximum atomic E-state index is 4.21. The molecule has 3 heteroatoms. The molecular weight excluding hydrogens is 288 g/mol. The fourth-order valence-corrected chi connectivity index (χ4v) is 2.49. The van der Waals surface area contributed by atoms with Crippen LogP contribution in [0.5, 0.6) is 0 Å². The molecule has 2 aromatic rings. The SMILES string of the molecule is CNC(Cc1cncc(Br)c1)c1cccc(C)c1. The summed E-state index contributed by atoms with van der Waals surface area (Å²) in [5.41, 5.74) is 3.84. The molecule has 0 radical (unpaired) electrons. The molecule has 94 valence electrons. The number of benzene rings is 1. The molecule has 0 saturated heterocycles. The summed E-state index contributed by atoms with van der Waals surface area (Å²) in [5.74, 6) is 0. The summed E-state index contributed by atoms with van der Waals surface area (Å²) in [7, 11) is 2.00. The van der Waals surface area contributed by atoms with Crippen LogP contribution in [0.4, 0.5) is 0 Å². The van der Waals surface area contributed by atoms with Crippen molar-refractivity contribution in [3.63, 3.8) is 0 Å². The monoisotopic (exact) mass is 304 g/mol. The lowest BCUT2D eigenvalue weighted by molar-refractivity contribution is 0.590. The predicted molar refractivity (Wildman–Crippen MR) is 78.6 cm³/mol. The molecule has 0 spiro atoms. The van der Waals surface area contributed by atoms with Crippen molar-refractivity contribution >= 4 is 15.9 Å². The Morgan fingerprint density at radius 2 is 2.11 bits per heavy atom. The predicted octanol–water partition coefficient (Wildman–Crippen LogP) is 3.66. The zero-order chi connectivity index (χ0) is 13.0. The van der Waals surface area contributed by atoms with Crippen molar-refractivity contribution in [2.45, 2.75) is 19.4 Å². The van der Waals surface area contributed by atoms with Gasteiger partial charge in [-0.3, -0.25) is 4.98 Å². The maximum Gasteiger partial charge on any atom is 0.0410 e. The van der Waals surface area contributed by atoms with E-state index < -0.39 is 0 Å². The Morgan fingerprint density at radius 3 is 2.78 bits per heavy atom. The van der Waals surface area contributed by atoms with Crippen molar-refractivity contribution in [1.29, 1.82) is 0 Å². The van der Waals surface area contributed by atoms with Crippen molar-refractivity contribution in [3.8, 4) is 0 Å².